The van der Waals surface area contributed by atoms with Gasteiger partial charge in [0, 0.05) is 0 Å². The van der Waals surface area contributed by atoms with E-state index in [9.17, 15) is 0 Å². The summed E-state index contributed by atoms with van der Waals surface area (Å²) in [6.07, 6.45) is 4.62. The Morgan fingerprint density at radius 1 is 1.50 bits per heavy atom. The fourth-order valence-corrected chi connectivity index (χ4v) is 1.45. The third-order valence-electron chi connectivity index (χ3n) is 1.23. The monoisotopic (exact) mass is 177 g/mol. The topological polar surface area (TPSA) is 3.24 Å². The number of unbranched alkanes of at least 4 members (excludes halogenated alkanes) is 1. The Balaban J connectivity index is 2.97. The molecular formula is C7H16ClNSi. The van der Waals surface area contributed by atoms with Crippen LogP contribution in [0.4, 0.5) is 0 Å². The molecule has 0 rings (SSSR count). The summed E-state index contributed by atoms with van der Waals surface area (Å²) < 4.78 is 0. The van der Waals surface area contributed by atoms with E-state index in [1.807, 2.05) is 0 Å². The van der Waals surface area contributed by atoms with Gasteiger partial charge in [-0.1, -0.05) is 11.8 Å². The van der Waals surface area contributed by atoms with Crippen molar-refractivity contribution < 1.29 is 0 Å². The molecule has 60 valence electrons. The van der Waals surface area contributed by atoms with Crippen LogP contribution < -0.4 is 0 Å². The van der Waals surface area contributed by atoms with E-state index in [1.54, 1.807) is 0 Å². The van der Waals surface area contributed by atoms with Crippen LogP contribution in [0.3, 0.4) is 0 Å². The summed E-state index contributed by atoms with van der Waals surface area (Å²) in [5, 5.41) is 0. The Bertz CT molecular complexity index is 93.6. The SMILES string of the molecule is CN(C)CCCC=C[SiH2]Cl. The number of allylic oxidation sites excluding steroid dienone is 1. The third-order valence-corrected chi connectivity index (χ3v) is 2.28. The number of rotatable bonds is 5. The van der Waals surface area contributed by atoms with Crippen molar-refractivity contribution in [3.63, 3.8) is 0 Å². The maximum absolute atomic E-state index is 5.58. The van der Waals surface area contributed by atoms with Gasteiger partial charge in [-0.3, -0.25) is 0 Å². The molecule has 0 radical (unpaired) electrons. The van der Waals surface area contributed by atoms with Crippen LogP contribution in [0, 0.1) is 0 Å². The fraction of sp³-hybridized carbons (Fsp3) is 0.714. The molecule has 0 bridgehead atoms. The number of nitrogens with zero attached hydrogens (tertiary/aromatic N) is 1. The Morgan fingerprint density at radius 2 is 2.20 bits per heavy atom. The van der Waals surface area contributed by atoms with Gasteiger partial charge in [0.1, 0.15) is 8.83 Å². The van der Waals surface area contributed by atoms with Crippen LogP contribution in [-0.4, -0.2) is 34.4 Å². The second-order valence-electron chi connectivity index (χ2n) is 2.57. The summed E-state index contributed by atoms with van der Waals surface area (Å²) in [4.78, 5) is 2.20. The average molecular weight is 178 g/mol. The van der Waals surface area contributed by atoms with Crippen LogP contribution in [0.25, 0.3) is 0 Å². The first kappa shape index (κ1) is 10.2. The van der Waals surface area contributed by atoms with E-state index in [-0.39, 0.29) is 8.83 Å². The molecule has 1 nitrogen and oxygen atoms in total. The van der Waals surface area contributed by atoms with Crippen molar-refractivity contribution in [3.8, 4) is 0 Å². The molecule has 0 aromatic carbocycles. The smallest absolute Gasteiger partial charge is 0.148 e. The lowest BCUT2D eigenvalue weighted by Crippen LogP contribution is -2.12. The lowest BCUT2D eigenvalue weighted by molar-refractivity contribution is 0.402. The minimum absolute atomic E-state index is 0.355. The van der Waals surface area contributed by atoms with Gasteiger partial charge in [-0.05, 0) is 33.5 Å². The normalized spacial score (nSPS) is 12.8. The lowest BCUT2D eigenvalue weighted by atomic mass is 10.3. The summed E-state index contributed by atoms with van der Waals surface area (Å²) in [5.74, 6) is 0. The maximum Gasteiger partial charge on any atom is 0.148 e. The largest absolute Gasteiger partial charge is 0.309 e. The molecule has 0 atom stereocenters. The van der Waals surface area contributed by atoms with Crippen LogP contribution in [0.5, 0.6) is 0 Å². The number of halogens is 1. The van der Waals surface area contributed by atoms with E-state index in [0.717, 1.165) is 0 Å². The van der Waals surface area contributed by atoms with Gasteiger partial charge in [0.25, 0.3) is 0 Å². The van der Waals surface area contributed by atoms with Crippen molar-refractivity contribution in [1.82, 2.24) is 4.90 Å². The highest BCUT2D eigenvalue weighted by atomic mass is 35.6. The van der Waals surface area contributed by atoms with Crippen molar-refractivity contribution in [2.24, 2.45) is 0 Å². The zero-order chi connectivity index (χ0) is 7.82. The molecule has 0 unspecified atom stereocenters. The van der Waals surface area contributed by atoms with Gasteiger partial charge in [-0.2, -0.15) is 11.1 Å². The summed E-state index contributed by atoms with van der Waals surface area (Å²) in [6, 6.07) is 0. The predicted octanol–water partition coefficient (Wildman–Crippen LogP) is 1.16. The zero-order valence-electron chi connectivity index (χ0n) is 6.81. The van der Waals surface area contributed by atoms with Gasteiger partial charge in [0.15, 0.2) is 0 Å². The predicted molar refractivity (Wildman–Crippen MR) is 51.3 cm³/mol. The summed E-state index contributed by atoms with van der Waals surface area (Å²) >= 11 is 5.58. The quantitative estimate of drug-likeness (QED) is 0.346. The Hall–Kier alpha value is 0.207. The van der Waals surface area contributed by atoms with Crippen LogP contribution in [-0.2, 0) is 0 Å². The highest BCUT2D eigenvalue weighted by molar-refractivity contribution is 6.96. The van der Waals surface area contributed by atoms with Crippen molar-refractivity contribution in [1.29, 1.82) is 0 Å². The molecule has 0 fully saturated rings. The fourth-order valence-electron chi connectivity index (χ4n) is 0.706. The van der Waals surface area contributed by atoms with Gasteiger partial charge in [0.05, 0.1) is 0 Å². The Kier molecular flexibility index (Phi) is 7.47. The minimum Gasteiger partial charge on any atom is -0.309 e. The second kappa shape index (κ2) is 7.32. The lowest BCUT2D eigenvalue weighted by Gasteiger charge is -2.06. The Morgan fingerprint density at radius 3 is 2.70 bits per heavy atom. The first-order chi connectivity index (χ1) is 4.77. The van der Waals surface area contributed by atoms with E-state index in [0.29, 0.717) is 0 Å². The zero-order valence-corrected chi connectivity index (χ0v) is 8.98. The molecule has 0 heterocycles. The van der Waals surface area contributed by atoms with Gasteiger partial charge < -0.3 is 4.90 Å². The summed E-state index contributed by atoms with van der Waals surface area (Å²) in [6.45, 7) is 1.17. The summed E-state index contributed by atoms with van der Waals surface area (Å²) in [7, 11) is 3.84. The molecule has 0 aromatic heterocycles. The maximum atomic E-state index is 5.58. The third kappa shape index (κ3) is 8.21. The number of hydrogen-bond donors (Lipinski definition) is 0. The van der Waals surface area contributed by atoms with Crippen LogP contribution >= 0.6 is 11.1 Å². The van der Waals surface area contributed by atoms with Crippen molar-refractivity contribution in [3.05, 3.63) is 11.8 Å². The minimum atomic E-state index is -0.355. The standard InChI is InChI=1S/C7H16ClNSi/c1-9(2)6-4-3-5-7-10-8/h5,7H,3-4,6,10H2,1-2H3. The molecule has 0 saturated carbocycles. The van der Waals surface area contributed by atoms with Crippen molar-refractivity contribution in [2.75, 3.05) is 20.6 Å². The van der Waals surface area contributed by atoms with Crippen LogP contribution in [0.2, 0.25) is 0 Å². The van der Waals surface area contributed by atoms with E-state index < -0.39 is 0 Å². The summed E-state index contributed by atoms with van der Waals surface area (Å²) in [5.41, 5.74) is 2.14. The van der Waals surface area contributed by atoms with Crippen molar-refractivity contribution in [2.45, 2.75) is 12.8 Å². The van der Waals surface area contributed by atoms with Gasteiger partial charge in [0.2, 0.25) is 0 Å². The van der Waals surface area contributed by atoms with E-state index >= 15 is 0 Å². The van der Waals surface area contributed by atoms with E-state index in [2.05, 4.69) is 30.8 Å². The highest BCUT2D eigenvalue weighted by Gasteiger charge is 1.86. The molecule has 0 aliphatic carbocycles. The molecule has 0 N–H and O–H groups in total. The molecule has 0 aromatic rings. The molecule has 0 saturated heterocycles. The molecule has 10 heavy (non-hydrogen) atoms. The molecule has 0 spiro atoms. The molecular weight excluding hydrogens is 162 g/mol. The average Bonchev–Trinajstić information content (AvgIpc) is 1.87. The highest BCUT2D eigenvalue weighted by Crippen LogP contribution is 1.91. The van der Waals surface area contributed by atoms with Gasteiger partial charge in [-0.15, -0.1) is 0 Å². The second-order valence-corrected chi connectivity index (χ2v) is 4.28. The van der Waals surface area contributed by atoms with Gasteiger partial charge in [-0.25, -0.2) is 0 Å². The first-order valence-corrected chi connectivity index (χ1v) is 6.58. The first-order valence-electron chi connectivity index (χ1n) is 3.63. The van der Waals surface area contributed by atoms with Crippen LogP contribution in [0.1, 0.15) is 12.8 Å². The van der Waals surface area contributed by atoms with Gasteiger partial charge >= 0.3 is 0 Å². The molecule has 0 aliphatic rings. The van der Waals surface area contributed by atoms with E-state index in [4.69, 9.17) is 11.1 Å². The number of hydrogen-bond acceptors (Lipinski definition) is 1. The van der Waals surface area contributed by atoms with E-state index in [1.165, 1.54) is 19.4 Å². The molecule has 0 amide bonds. The van der Waals surface area contributed by atoms with Crippen LogP contribution in [0.15, 0.2) is 11.8 Å². The van der Waals surface area contributed by atoms with Crippen molar-refractivity contribution >= 4 is 19.9 Å². The molecule has 0 aliphatic heterocycles. The molecule has 3 heteroatoms. The Labute approximate surface area is 70.6 Å².